The molecule has 3 aliphatic rings. The van der Waals surface area contributed by atoms with Gasteiger partial charge >= 0.3 is 0 Å². The standard InChI is InChI=1S/C12H22/c1-5-12(4)7-6-9-8-10(12)11(9,2)3/h9-10H,5-8H2,1-4H3. The molecule has 3 saturated carbocycles. The Hall–Kier alpha value is 0. The maximum absolute atomic E-state index is 2.51. The molecule has 0 heterocycles. The molecule has 3 aliphatic carbocycles. The van der Waals surface area contributed by atoms with Crippen molar-refractivity contribution in [1.82, 2.24) is 0 Å². The molecule has 70 valence electrons. The average Bonchev–Trinajstić information content (AvgIpc) is 2.04. The minimum atomic E-state index is 0.670. The molecule has 2 bridgehead atoms. The number of rotatable bonds is 1. The fourth-order valence-corrected chi connectivity index (χ4v) is 3.79. The van der Waals surface area contributed by atoms with Crippen molar-refractivity contribution < 1.29 is 0 Å². The Morgan fingerprint density at radius 1 is 1.25 bits per heavy atom. The van der Waals surface area contributed by atoms with E-state index in [9.17, 15) is 0 Å². The van der Waals surface area contributed by atoms with Gasteiger partial charge in [0.1, 0.15) is 0 Å². The summed E-state index contributed by atoms with van der Waals surface area (Å²) in [6, 6.07) is 0. The third kappa shape index (κ3) is 0.843. The lowest BCUT2D eigenvalue weighted by molar-refractivity contribution is -0.150. The van der Waals surface area contributed by atoms with E-state index in [0.717, 1.165) is 11.8 Å². The highest BCUT2D eigenvalue weighted by molar-refractivity contribution is 5.07. The van der Waals surface area contributed by atoms with Crippen molar-refractivity contribution in [2.75, 3.05) is 0 Å². The smallest absolute Gasteiger partial charge is 0.0292 e. The van der Waals surface area contributed by atoms with Crippen molar-refractivity contribution in [3.63, 3.8) is 0 Å². The minimum Gasteiger partial charge on any atom is -0.0649 e. The first kappa shape index (κ1) is 8.59. The number of fused-ring (bicyclic) bond motifs is 2. The van der Waals surface area contributed by atoms with Crippen LogP contribution >= 0.6 is 0 Å². The van der Waals surface area contributed by atoms with Crippen LogP contribution in [0.5, 0.6) is 0 Å². The highest BCUT2D eigenvalue weighted by Crippen LogP contribution is 2.66. The summed E-state index contributed by atoms with van der Waals surface area (Å²) in [6.45, 7) is 9.85. The Kier molecular flexibility index (Phi) is 1.63. The van der Waals surface area contributed by atoms with Gasteiger partial charge in [0.2, 0.25) is 0 Å². The lowest BCUT2D eigenvalue weighted by atomic mass is 9.41. The molecule has 0 saturated heterocycles. The monoisotopic (exact) mass is 166 g/mol. The molecule has 0 aliphatic heterocycles. The van der Waals surface area contributed by atoms with Gasteiger partial charge in [-0.15, -0.1) is 0 Å². The third-order valence-electron chi connectivity index (χ3n) is 5.18. The quantitative estimate of drug-likeness (QED) is 0.555. The summed E-state index contributed by atoms with van der Waals surface area (Å²) < 4.78 is 0. The van der Waals surface area contributed by atoms with Crippen LogP contribution in [0.15, 0.2) is 0 Å². The van der Waals surface area contributed by atoms with Crippen molar-refractivity contribution >= 4 is 0 Å². The zero-order chi connectivity index (χ0) is 8.98. The summed E-state index contributed by atoms with van der Waals surface area (Å²) in [4.78, 5) is 0. The second kappa shape index (κ2) is 2.27. The molecular formula is C12H22. The molecule has 0 aromatic rings. The molecule has 3 atom stereocenters. The van der Waals surface area contributed by atoms with E-state index in [1.807, 2.05) is 0 Å². The van der Waals surface area contributed by atoms with E-state index in [4.69, 9.17) is 0 Å². The first-order valence-corrected chi connectivity index (χ1v) is 5.50. The molecule has 3 unspecified atom stereocenters. The molecule has 12 heavy (non-hydrogen) atoms. The van der Waals surface area contributed by atoms with Crippen LogP contribution in [0.3, 0.4) is 0 Å². The van der Waals surface area contributed by atoms with E-state index >= 15 is 0 Å². The summed E-state index contributed by atoms with van der Waals surface area (Å²) in [5.74, 6) is 2.08. The molecule has 3 rings (SSSR count). The molecule has 0 aromatic carbocycles. The molecule has 0 spiro atoms. The van der Waals surface area contributed by atoms with Crippen molar-refractivity contribution in [3.8, 4) is 0 Å². The second-order valence-corrected chi connectivity index (χ2v) is 5.85. The van der Waals surface area contributed by atoms with Gasteiger partial charge in [-0.2, -0.15) is 0 Å². The largest absolute Gasteiger partial charge is 0.0649 e. The van der Waals surface area contributed by atoms with Gasteiger partial charge in [0, 0.05) is 0 Å². The van der Waals surface area contributed by atoms with Gasteiger partial charge < -0.3 is 0 Å². The zero-order valence-corrected chi connectivity index (χ0v) is 8.98. The Balaban J connectivity index is 2.21. The lowest BCUT2D eigenvalue weighted by Gasteiger charge is -2.64. The van der Waals surface area contributed by atoms with Gasteiger partial charge in [-0.3, -0.25) is 0 Å². The SMILES string of the molecule is CCC1(C)CCC2CC1C2(C)C. The van der Waals surface area contributed by atoms with Gasteiger partial charge in [-0.1, -0.05) is 34.1 Å². The van der Waals surface area contributed by atoms with Gasteiger partial charge in [0.15, 0.2) is 0 Å². The van der Waals surface area contributed by atoms with Crippen LogP contribution in [0.1, 0.15) is 53.4 Å². The maximum atomic E-state index is 2.51. The van der Waals surface area contributed by atoms with Crippen LogP contribution in [0.4, 0.5) is 0 Å². The predicted molar refractivity (Wildman–Crippen MR) is 53.0 cm³/mol. The zero-order valence-electron chi connectivity index (χ0n) is 8.98. The normalized spacial score (nSPS) is 50.0. The summed E-state index contributed by atoms with van der Waals surface area (Å²) >= 11 is 0. The molecule has 0 radical (unpaired) electrons. The number of hydrogen-bond acceptors (Lipinski definition) is 0. The summed E-state index contributed by atoms with van der Waals surface area (Å²) in [7, 11) is 0. The summed E-state index contributed by atoms with van der Waals surface area (Å²) in [6.07, 6.45) is 5.89. The van der Waals surface area contributed by atoms with Crippen LogP contribution in [0.2, 0.25) is 0 Å². The van der Waals surface area contributed by atoms with Crippen LogP contribution in [-0.4, -0.2) is 0 Å². The van der Waals surface area contributed by atoms with Crippen LogP contribution in [0, 0.1) is 22.7 Å². The van der Waals surface area contributed by atoms with Crippen molar-refractivity contribution in [2.45, 2.75) is 53.4 Å². The topological polar surface area (TPSA) is 0 Å². The average molecular weight is 166 g/mol. The van der Waals surface area contributed by atoms with E-state index in [1.54, 1.807) is 0 Å². The molecule has 0 aromatic heterocycles. The first-order valence-electron chi connectivity index (χ1n) is 5.50. The Bertz CT molecular complexity index is 190. The van der Waals surface area contributed by atoms with E-state index in [-0.39, 0.29) is 0 Å². The highest BCUT2D eigenvalue weighted by Gasteiger charge is 2.58. The fourth-order valence-electron chi connectivity index (χ4n) is 3.79. The van der Waals surface area contributed by atoms with Gasteiger partial charge in [0.25, 0.3) is 0 Å². The lowest BCUT2D eigenvalue weighted by Crippen LogP contribution is -2.56. The highest BCUT2D eigenvalue weighted by atomic mass is 14.6. The van der Waals surface area contributed by atoms with E-state index in [1.165, 1.54) is 25.7 Å². The summed E-state index contributed by atoms with van der Waals surface area (Å²) in [5.41, 5.74) is 1.35. The Morgan fingerprint density at radius 3 is 2.25 bits per heavy atom. The van der Waals surface area contributed by atoms with Crippen molar-refractivity contribution in [3.05, 3.63) is 0 Å². The van der Waals surface area contributed by atoms with E-state index in [2.05, 4.69) is 27.7 Å². The van der Waals surface area contributed by atoms with E-state index in [0.29, 0.717) is 10.8 Å². The molecule has 0 amide bonds. The minimum absolute atomic E-state index is 0.670. The van der Waals surface area contributed by atoms with Crippen molar-refractivity contribution in [2.24, 2.45) is 22.7 Å². The molecule has 3 fully saturated rings. The Morgan fingerprint density at radius 2 is 1.92 bits per heavy atom. The Labute approximate surface area is 76.7 Å². The fraction of sp³-hybridized carbons (Fsp3) is 1.00. The van der Waals surface area contributed by atoms with Crippen LogP contribution in [-0.2, 0) is 0 Å². The van der Waals surface area contributed by atoms with Gasteiger partial charge in [0.05, 0.1) is 0 Å². The van der Waals surface area contributed by atoms with Gasteiger partial charge in [-0.25, -0.2) is 0 Å². The maximum Gasteiger partial charge on any atom is -0.0292 e. The van der Waals surface area contributed by atoms with E-state index < -0.39 is 0 Å². The van der Waals surface area contributed by atoms with Gasteiger partial charge in [-0.05, 0) is 41.9 Å². The summed E-state index contributed by atoms with van der Waals surface area (Å²) in [5, 5.41) is 0. The first-order chi connectivity index (χ1) is 5.50. The second-order valence-electron chi connectivity index (χ2n) is 5.85. The number of hydrogen-bond donors (Lipinski definition) is 0. The van der Waals surface area contributed by atoms with Crippen LogP contribution < -0.4 is 0 Å². The molecule has 0 heteroatoms. The molecular weight excluding hydrogens is 144 g/mol. The van der Waals surface area contributed by atoms with Crippen molar-refractivity contribution in [1.29, 1.82) is 0 Å². The molecule has 0 N–H and O–H groups in total. The molecule has 0 nitrogen and oxygen atoms in total. The van der Waals surface area contributed by atoms with Crippen LogP contribution in [0.25, 0.3) is 0 Å². The third-order valence-corrected chi connectivity index (χ3v) is 5.18. The predicted octanol–water partition coefficient (Wildman–Crippen LogP) is 3.86.